The van der Waals surface area contributed by atoms with Crippen LogP contribution in [0.1, 0.15) is 38.1 Å². The van der Waals surface area contributed by atoms with Gasteiger partial charge >= 0.3 is 0 Å². The number of para-hydroxylation sites is 1. The Morgan fingerprint density at radius 3 is 2.32 bits per heavy atom. The fraction of sp³-hybridized carbons (Fsp3) is 0.120. The summed E-state index contributed by atoms with van der Waals surface area (Å²) in [5.74, 6) is -0.433. The third kappa shape index (κ3) is 4.45. The van der Waals surface area contributed by atoms with Crippen LogP contribution in [0.5, 0.6) is 0 Å². The van der Waals surface area contributed by atoms with E-state index < -0.39 is 0 Å². The molecule has 0 unspecified atom stereocenters. The predicted molar refractivity (Wildman–Crippen MR) is 131 cm³/mol. The maximum atomic E-state index is 13.4. The number of hydrogen-bond donors (Lipinski definition) is 2. The lowest BCUT2D eigenvalue weighted by molar-refractivity contribution is 0.102. The van der Waals surface area contributed by atoms with E-state index >= 15 is 0 Å². The van der Waals surface area contributed by atoms with E-state index in [2.05, 4.69) is 17.6 Å². The van der Waals surface area contributed by atoms with Crippen LogP contribution in [0.15, 0.2) is 72.1 Å². The lowest BCUT2D eigenvalue weighted by atomic mass is 10.1. The summed E-state index contributed by atoms with van der Waals surface area (Å²) in [6.07, 6.45) is 0.816. The molecule has 0 atom stereocenters. The molecule has 0 aliphatic rings. The number of rotatable bonds is 6. The molecule has 4 nitrogen and oxygen atoms in total. The van der Waals surface area contributed by atoms with Crippen LogP contribution < -0.4 is 10.6 Å². The third-order valence-electron chi connectivity index (χ3n) is 5.03. The molecule has 0 saturated carbocycles. The topological polar surface area (TPSA) is 58.2 Å². The Morgan fingerprint density at radius 1 is 0.871 bits per heavy atom. The Balaban J connectivity index is 1.74. The maximum absolute atomic E-state index is 13.4. The molecule has 2 N–H and O–H groups in total. The van der Waals surface area contributed by atoms with Crippen LogP contribution in [0.2, 0.25) is 0 Å². The second-order valence-corrected chi connectivity index (χ2v) is 8.99. The first-order valence-corrected chi connectivity index (χ1v) is 11.7. The number of amides is 2. The Hall–Kier alpha value is -3.22. The van der Waals surface area contributed by atoms with E-state index in [1.54, 1.807) is 6.07 Å². The van der Waals surface area contributed by atoms with Gasteiger partial charge in [-0.15, -0.1) is 22.7 Å². The summed E-state index contributed by atoms with van der Waals surface area (Å²) in [7, 11) is 0. The van der Waals surface area contributed by atoms with Gasteiger partial charge in [-0.1, -0.05) is 61.5 Å². The van der Waals surface area contributed by atoms with Gasteiger partial charge in [0.15, 0.2) is 0 Å². The summed E-state index contributed by atoms with van der Waals surface area (Å²) in [5, 5.41) is 8.44. The number of thiophene rings is 2. The van der Waals surface area contributed by atoms with Gasteiger partial charge in [0.25, 0.3) is 11.8 Å². The highest BCUT2D eigenvalue weighted by atomic mass is 32.1. The zero-order valence-corrected chi connectivity index (χ0v) is 18.9. The molecule has 0 fully saturated rings. The zero-order valence-electron chi connectivity index (χ0n) is 17.3. The molecule has 0 saturated heterocycles. The minimum Gasteiger partial charge on any atom is -0.322 e. The summed E-state index contributed by atoms with van der Waals surface area (Å²) in [6, 6.07) is 21.3. The van der Waals surface area contributed by atoms with Crippen LogP contribution >= 0.6 is 22.7 Å². The smallest absolute Gasteiger partial charge is 0.266 e. The van der Waals surface area contributed by atoms with Crippen LogP contribution in [-0.2, 0) is 6.42 Å². The first kappa shape index (κ1) is 21.0. The van der Waals surface area contributed by atoms with E-state index in [4.69, 9.17) is 0 Å². The van der Waals surface area contributed by atoms with Crippen molar-refractivity contribution in [3.05, 3.63) is 93.7 Å². The molecule has 0 bridgehead atoms. The van der Waals surface area contributed by atoms with Gasteiger partial charge in [0.2, 0.25) is 0 Å². The van der Waals surface area contributed by atoms with Gasteiger partial charge in [0.1, 0.15) is 5.00 Å². The summed E-state index contributed by atoms with van der Waals surface area (Å²) in [6.45, 7) is 3.99. The third-order valence-corrected chi connectivity index (χ3v) is 7.15. The van der Waals surface area contributed by atoms with Gasteiger partial charge in [0, 0.05) is 10.6 Å². The van der Waals surface area contributed by atoms with E-state index in [1.165, 1.54) is 22.7 Å². The van der Waals surface area contributed by atoms with Crippen LogP contribution in [0.4, 0.5) is 10.7 Å². The molecule has 2 aromatic carbocycles. The van der Waals surface area contributed by atoms with Crippen molar-refractivity contribution in [3.8, 4) is 10.4 Å². The number of carbonyl (C=O) groups is 2. The van der Waals surface area contributed by atoms with E-state index in [0.29, 0.717) is 15.4 Å². The first-order chi connectivity index (χ1) is 15.1. The predicted octanol–water partition coefficient (Wildman–Crippen LogP) is 6.85. The summed E-state index contributed by atoms with van der Waals surface area (Å²) in [4.78, 5) is 27.7. The normalized spacial score (nSPS) is 10.6. The van der Waals surface area contributed by atoms with Crippen molar-refractivity contribution < 1.29 is 9.59 Å². The largest absolute Gasteiger partial charge is 0.322 e. The second-order valence-electron chi connectivity index (χ2n) is 7.02. The average Bonchev–Trinajstić information content (AvgIpc) is 3.43. The number of aryl methyl sites for hydroxylation is 1. The lowest BCUT2D eigenvalue weighted by Gasteiger charge is -2.11. The van der Waals surface area contributed by atoms with Gasteiger partial charge in [-0.25, -0.2) is 0 Å². The summed E-state index contributed by atoms with van der Waals surface area (Å²) < 4.78 is 0. The fourth-order valence-electron chi connectivity index (χ4n) is 3.45. The SMILES string of the molecule is CCc1ccccc1NC(=O)c1c(NC(=O)c2cccs2)sc(-c2ccccc2)c1C. The molecule has 0 aliphatic heterocycles. The van der Waals surface area contributed by atoms with Crippen molar-refractivity contribution in [2.24, 2.45) is 0 Å². The number of nitrogens with one attached hydrogen (secondary N) is 2. The van der Waals surface area contributed by atoms with E-state index in [9.17, 15) is 9.59 Å². The number of anilines is 2. The van der Waals surface area contributed by atoms with Crippen LogP contribution in [-0.4, -0.2) is 11.8 Å². The molecule has 156 valence electrons. The molecule has 4 aromatic rings. The number of benzene rings is 2. The highest BCUT2D eigenvalue weighted by molar-refractivity contribution is 7.20. The molecule has 31 heavy (non-hydrogen) atoms. The van der Waals surface area contributed by atoms with Gasteiger partial charge in [0.05, 0.1) is 10.4 Å². The molecular weight excluding hydrogens is 424 g/mol. The molecule has 0 radical (unpaired) electrons. The fourth-order valence-corrected chi connectivity index (χ4v) is 5.27. The van der Waals surface area contributed by atoms with Crippen LogP contribution in [0.25, 0.3) is 10.4 Å². The van der Waals surface area contributed by atoms with Crippen LogP contribution in [0, 0.1) is 6.92 Å². The minimum absolute atomic E-state index is 0.209. The first-order valence-electron chi connectivity index (χ1n) is 10.0. The highest BCUT2D eigenvalue weighted by Gasteiger charge is 2.24. The monoisotopic (exact) mass is 446 g/mol. The van der Waals surface area contributed by atoms with Crippen molar-refractivity contribution in [2.45, 2.75) is 20.3 Å². The summed E-state index contributed by atoms with van der Waals surface area (Å²) in [5.41, 5.74) is 4.22. The Bertz CT molecular complexity index is 1210. The minimum atomic E-state index is -0.224. The van der Waals surface area contributed by atoms with Crippen molar-refractivity contribution in [3.63, 3.8) is 0 Å². The van der Waals surface area contributed by atoms with Crippen molar-refractivity contribution in [2.75, 3.05) is 10.6 Å². The molecule has 6 heteroatoms. The molecule has 2 amide bonds. The van der Waals surface area contributed by atoms with Gasteiger partial charge < -0.3 is 10.6 Å². The molecule has 2 aromatic heterocycles. The molecular formula is C25H22N2O2S2. The highest BCUT2D eigenvalue weighted by Crippen LogP contribution is 2.40. The van der Waals surface area contributed by atoms with E-state index in [0.717, 1.165) is 33.7 Å². The quantitative estimate of drug-likeness (QED) is 0.340. The van der Waals surface area contributed by atoms with E-state index in [1.807, 2.05) is 73.0 Å². The van der Waals surface area contributed by atoms with Gasteiger partial charge in [-0.3, -0.25) is 9.59 Å². The lowest BCUT2D eigenvalue weighted by Crippen LogP contribution is -2.17. The molecule has 0 spiro atoms. The number of hydrogen-bond acceptors (Lipinski definition) is 4. The van der Waals surface area contributed by atoms with Gasteiger partial charge in [-0.2, -0.15) is 0 Å². The number of carbonyl (C=O) groups excluding carboxylic acids is 2. The average molecular weight is 447 g/mol. The molecule has 4 rings (SSSR count). The standard InChI is InChI=1S/C25H22N2O2S2/c1-3-17-10-7-8-13-19(17)26-24(29)21-16(2)22(18-11-5-4-6-12-18)31-25(21)27-23(28)20-14-9-15-30-20/h4-15H,3H2,1-2H3,(H,26,29)(H,27,28). The van der Waals surface area contributed by atoms with E-state index in [-0.39, 0.29) is 11.8 Å². The Morgan fingerprint density at radius 2 is 1.61 bits per heavy atom. The molecule has 0 aliphatic carbocycles. The Kier molecular flexibility index (Phi) is 6.30. The van der Waals surface area contributed by atoms with Crippen molar-refractivity contribution in [1.29, 1.82) is 0 Å². The zero-order chi connectivity index (χ0) is 21.8. The van der Waals surface area contributed by atoms with Gasteiger partial charge in [-0.05, 0) is 47.5 Å². The second kappa shape index (κ2) is 9.29. The molecule has 2 heterocycles. The maximum Gasteiger partial charge on any atom is 0.266 e. The van der Waals surface area contributed by atoms with Crippen LogP contribution in [0.3, 0.4) is 0 Å². The van der Waals surface area contributed by atoms with Crippen molar-refractivity contribution >= 4 is 45.2 Å². The summed E-state index contributed by atoms with van der Waals surface area (Å²) >= 11 is 2.80. The Labute approximate surface area is 189 Å². The van der Waals surface area contributed by atoms with Crippen molar-refractivity contribution in [1.82, 2.24) is 0 Å².